The highest BCUT2D eigenvalue weighted by atomic mass is 16.5. The van der Waals surface area contributed by atoms with Crippen LogP contribution >= 0.6 is 0 Å². The number of ether oxygens (including phenoxy) is 1. The van der Waals surface area contributed by atoms with Crippen molar-refractivity contribution in [1.29, 1.82) is 0 Å². The van der Waals surface area contributed by atoms with E-state index in [-0.39, 0.29) is 11.6 Å². The van der Waals surface area contributed by atoms with Gasteiger partial charge in [-0.15, -0.1) is 0 Å². The smallest absolute Gasteiger partial charge is 0.124 e. The summed E-state index contributed by atoms with van der Waals surface area (Å²) in [5.74, 6) is 0.909. The van der Waals surface area contributed by atoms with Gasteiger partial charge in [0.15, 0.2) is 0 Å². The molecule has 1 rings (SSSR count). The molecule has 0 aromatic heterocycles. The molecule has 0 radical (unpaired) electrons. The summed E-state index contributed by atoms with van der Waals surface area (Å²) in [6.07, 6.45) is 0.104. The third-order valence-electron chi connectivity index (χ3n) is 2.98. The fraction of sp³-hybridized carbons (Fsp3) is 0.571. The van der Waals surface area contributed by atoms with Crippen LogP contribution in [-0.4, -0.2) is 21.2 Å². The summed E-state index contributed by atoms with van der Waals surface area (Å²) in [6, 6.07) is 6.37. The Bertz CT molecular complexity index is 365. The van der Waals surface area contributed by atoms with Gasteiger partial charge in [0.05, 0.1) is 13.3 Å². The number of benzene rings is 1. The lowest BCUT2D eigenvalue weighted by molar-refractivity contribution is 0.394. The molecule has 3 nitrogen and oxygen atoms in total. The Morgan fingerprint density at radius 1 is 1.12 bits per heavy atom. The number of hydrogen-bond donors (Lipinski definition) is 2. The van der Waals surface area contributed by atoms with Gasteiger partial charge in [0.2, 0.25) is 0 Å². The SMILES string of the molecule is CNC(NC)c1cc(C(C)(C)C)ccc1OC. The van der Waals surface area contributed by atoms with Crippen molar-refractivity contribution in [2.75, 3.05) is 21.2 Å². The second-order valence-corrected chi connectivity index (χ2v) is 5.22. The zero-order valence-electron chi connectivity index (χ0n) is 11.7. The molecule has 0 amide bonds. The lowest BCUT2D eigenvalue weighted by atomic mass is 9.85. The zero-order chi connectivity index (χ0) is 13.1. The van der Waals surface area contributed by atoms with Gasteiger partial charge in [-0.3, -0.25) is 0 Å². The van der Waals surface area contributed by atoms with Gasteiger partial charge in [-0.25, -0.2) is 0 Å². The summed E-state index contributed by atoms with van der Waals surface area (Å²) in [4.78, 5) is 0. The van der Waals surface area contributed by atoms with Gasteiger partial charge < -0.3 is 15.4 Å². The molecule has 1 aromatic rings. The molecule has 17 heavy (non-hydrogen) atoms. The average molecular weight is 236 g/mol. The minimum atomic E-state index is 0.104. The highest BCUT2D eigenvalue weighted by molar-refractivity contribution is 5.41. The first kappa shape index (κ1) is 14.0. The molecule has 0 unspecified atom stereocenters. The van der Waals surface area contributed by atoms with E-state index in [1.807, 2.05) is 20.2 Å². The molecule has 0 aliphatic heterocycles. The van der Waals surface area contributed by atoms with Crippen molar-refractivity contribution in [2.24, 2.45) is 0 Å². The maximum Gasteiger partial charge on any atom is 0.124 e. The maximum atomic E-state index is 5.42. The Morgan fingerprint density at radius 3 is 2.12 bits per heavy atom. The molecule has 3 heteroatoms. The van der Waals surface area contributed by atoms with Crippen LogP contribution in [0.25, 0.3) is 0 Å². The van der Waals surface area contributed by atoms with E-state index in [9.17, 15) is 0 Å². The summed E-state index contributed by atoms with van der Waals surface area (Å²) in [5.41, 5.74) is 2.60. The Morgan fingerprint density at radius 2 is 1.71 bits per heavy atom. The van der Waals surface area contributed by atoms with Crippen LogP contribution in [0.2, 0.25) is 0 Å². The Kier molecular flexibility index (Phi) is 4.54. The van der Waals surface area contributed by atoms with Crippen LogP contribution in [0.4, 0.5) is 0 Å². The van der Waals surface area contributed by atoms with Crippen molar-refractivity contribution in [2.45, 2.75) is 32.4 Å². The molecular weight excluding hydrogens is 212 g/mol. The molecular formula is C14H24N2O. The molecule has 0 saturated carbocycles. The molecule has 0 aliphatic carbocycles. The number of hydrogen-bond acceptors (Lipinski definition) is 3. The Labute approximate surface area is 105 Å². The van der Waals surface area contributed by atoms with E-state index in [4.69, 9.17) is 4.74 Å². The molecule has 2 N–H and O–H groups in total. The van der Waals surface area contributed by atoms with E-state index in [0.29, 0.717) is 0 Å². The van der Waals surface area contributed by atoms with Crippen molar-refractivity contribution in [3.8, 4) is 5.75 Å². The number of nitrogens with one attached hydrogen (secondary N) is 2. The summed E-state index contributed by atoms with van der Waals surface area (Å²) in [5, 5.41) is 6.46. The Balaban J connectivity index is 3.24. The molecule has 0 saturated heterocycles. The maximum absolute atomic E-state index is 5.42. The third-order valence-corrected chi connectivity index (χ3v) is 2.98. The van der Waals surface area contributed by atoms with Crippen molar-refractivity contribution >= 4 is 0 Å². The fourth-order valence-electron chi connectivity index (χ4n) is 1.88. The van der Waals surface area contributed by atoms with Crippen LogP contribution in [0.3, 0.4) is 0 Å². The minimum absolute atomic E-state index is 0.104. The first-order valence-electron chi connectivity index (χ1n) is 5.97. The van der Waals surface area contributed by atoms with Gasteiger partial charge in [0.1, 0.15) is 5.75 Å². The summed E-state index contributed by atoms with van der Waals surface area (Å²) in [7, 11) is 5.58. The van der Waals surface area contributed by atoms with E-state index in [1.54, 1.807) is 7.11 Å². The monoisotopic (exact) mass is 236 g/mol. The normalized spacial score (nSPS) is 11.9. The third kappa shape index (κ3) is 3.20. The van der Waals surface area contributed by atoms with E-state index >= 15 is 0 Å². The minimum Gasteiger partial charge on any atom is -0.496 e. The molecule has 96 valence electrons. The first-order valence-corrected chi connectivity index (χ1v) is 5.97. The number of methoxy groups -OCH3 is 1. The van der Waals surface area contributed by atoms with E-state index in [2.05, 4.69) is 43.5 Å². The standard InChI is InChI=1S/C14H24N2O/c1-14(2,3)10-7-8-12(17-6)11(9-10)13(15-4)16-5/h7-9,13,15-16H,1-6H3. The van der Waals surface area contributed by atoms with Gasteiger partial charge >= 0.3 is 0 Å². The van der Waals surface area contributed by atoms with Crippen molar-refractivity contribution < 1.29 is 4.74 Å². The molecule has 0 fully saturated rings. The van der Waals surface area contributed by atoms with Crippen LogP contribution in [0.15, 0.2) is 18.2 Å². The van der Waals surface area contributed by atoms with E-state index in [0.717, 1.165) is 11.3 Å². The summed E-state index contributed by atoms with van der Waals surface area (Å²) < 4.78 is 5.42. The van der Waals surface area contributed by atoms with Gasteiger partial charge in [-0.05, 0) is 37.2 Å². The molecule has 0 bridgehead atoms. The predicted octanol–water partition coefficient (Wildman–Crippen LogP) is 2.43. The Hall–Kier alpha value is -1.06. The van der Waals surface area contributed by atoms with Gasteiger partial charge in [-0.1, -0.05) is 26.8 Å². The van der Waals surface area contributed by atoms with Crippen LogP contribution in [0.1, 0.15) is 38.1 Å². The van der Waals surface area contributed by atoms with Crippen LogP contribution in [-0.2, 0) is 5.41 Å². The van der Waals surface area contributed by atoms with Gasteiger partial charge in [0.25, 0.3) is 0 Å². The number of rotatable bonds is 4. The van der Waals surface area contributed by atoms with Gasteiger partial charge in [-0.2, -0.15) is 0 Å². The van der Waals surface area contributed by atoms with Crippen molar-refractivity contribution in [1.82, 2.24) is 10.6 Å². The zero-order valence-corrected chi connectivity index (χ0v) is 11.7. The highest BCUT2D eigenvalue weighted by Crippen LogP contribution is 2.30. The lowest BCUT2D eigenvalue weighted by Gasteiger charge is -2.24. The topological polar surface area (TPSA) is 33.3 Å². The fourth-order valence-corrected chi connectivity index (χ4v) is 1.88. The summed E-state index contributed by atoms with van der Waals surface area (Å²) >= 11 is 0. The molecule has 0 atom stereocenters. The molecule has 0 spiro atoms. The largest absolute Gasteiger partial charge is 0.496 e. The van der Waals surface area contributed by atoms with E-state index in [1.165, 1.54) is 5.56 Å². The van der Waals surface area contributed by atoms with Gasteiger partial charge in [0, 0.05) is 5.56 Å². The average Bonchev–Trinajstić information content (AvgIpc) is 2.29. The van der Waals surface area contributed by atoms with E-state index < -0.39 is 0 Å². The van der Waals surface area contributed by atoms with Crippen LogP contribution in [0.5, 0.6) is 5.75 Å². The van der Waals surface area contributed by atoms with Crippen molar-refractivity contribution in [3.05, 3.63) is 29.3 Å². The first-order chi connectivity index (χ1) is 7.93. The predicted molar refractivity (Wildman–Crippen MR) is 72.6 cm³/mol. The molecule has 1 aromatic carbocycles. The second kappa shape index (κ2) is 5.52. The second-order valence-electron chi connectivity index (χ2n) is 5.22. The molecule has 0 aliphatic rings. The lowest BCUT2D eigenvalue weighted by Crippen LogP contribution is -2.29. The summed E-state index contributed by atoms with van der Waals surface area (Å²) in [6.45, 7) is 6.64. The van der Waals surface area contributed by atoms with Crippen molar-refractivity contribution in [3.63, 3.8) is 0 Å². The van der Waals surface area contributed by atoms with Crippen LogP contribution in [0, 0.1) is 0 Å². The highest BCUT2D eigenvalue weighted by Gasteiger charge is 2.18. The quantitative estimate of drug-likeness (QED) is 0.788. The van der Waals surface area contributed by atoms with Crippen LogP contribution < -0.4 is 15.4 Å². The molecule has 0 heterocycles.